The van der Waals surface area contributed by atoms with Crippen LogP contribution >= 0.6 is 11.6 Å². The summed E-state index contributed by atoms with van der Waals surface area (Å²) in [5, 5.41) is 15.8. The van der Waals surface area contributed by atoms with Crippen molar-refractivity contribution in [3.05, 3.63) is 58.9 Å². The van der Waals surface area contributed by atoms with Crippen LogP contribution in [-0.4, -0.2) is 35.0 Å². The quantitative estimate of drug-likeness (QED) is 0.664. The van der Waals surface area contributed by atoms with Gasteiger partial charge in [-0.3, -0.25) is 9.59 Å². The van der Waals surface area contributed by atoms with Gasteiger partial charge in [0, 0.05) is 24.3 Å². The highest BCUT2D eigenvalue weighted by Gasteiger charge is 2.42. The average Bonchev–Trinajstić information content (AvgIpc) is 3.16. The van der Waals surface area contributed by atoms with Crippen LogP contribution in [0.25, 0.3) is 0 Å². The van der Waals surface area contributed by atoms with E-state index >= 15 is 0 Å². The summed E-state index contributed by atoms with van der Waals surface area (Å²) in [4.78, 5) is 28.8. The van der Waals surface area contributed by atoms with Gasteiger partial charge in [-0.1, -0.05) is 36.6 Å². The fraction of sp³-hybridized carbons (Fsp3) is 0.350. The summed E-state index contributed by atoms with van der Waals surface area (Å²) >= 11 is 6.12. The lowest BCUT2D eigenvalue weighted by atomic mass is 9.78. The molecule has 6 nitrogen and oxygen atoms in total. The van der Waals surface area contributed by atoms with E-state index in [9.17, 15) is 14.7 Å². The number of rotatable bonds is 6. The number of amides is 2. The predicted molar refractivity (Wildman–Crippen MR) is 103 cm³/mol. The van der Waals surface area contributed by atoms with Gasteiger partial charge in [0.1, 0.15) is 5.75 Å². The SMILES string of the molecule is O=C(NCCNC(=O)C1(c2cccc(Cl)c2)CCCC1)c1ncccc1O. The van der Waals surface area contributed by atoms with Gasteiger partial charge in [-0.15, -0.1) is 0 Å². The van der Waals surface area contributed by atoms with Crippen molar-refractivity contribution in [3.8, 4) is 5.75 Å². The Bertz CT molecular complexity index is 835. The predicted octanol–water partition coefficient (Wildman–Crippen LogP) is 2.80. The first-order valence-corrected chi connectivity index (χ1v) is 9.37. The van der Waals surface area contributed by atoms with Crippen LogP contribution in [0.2, 0.25) is 5.02 Å². The first kappa shape index (κ1) is 19.2. The zero-order valence-corrected chi connectivity index (χ0v) is 15.6. The van der Waals surface area contributed by atoms with Gasteiger partial charge in [-0.25, -0.2) is 4.98 Å². The van der Waals surface area contributed by atoms with Gasteiger partial charge in [0.05, 0.1) is 5.41 Å². The summed E-state index contributed by atoms with van der Waals surface area (Å²) in [7, 11) is 0. The standard InChI is InChI=1S/C20H22ClN3O3/c21-15-6-3-5-14(13-15)20(8-1-2-9-20)19(27)24-12-11-23-18(26)17-16(25)7-4-10-22-17/h3-7,10,13,25H,1-2,8-9,11-12H2,(H,23,26)(H,24,27). The zero-order chi connectivity index (χ0) is 19.3. The van der Waals surface area contributed by atoms with Crippen molar-refractivity contribution in [2.45, 2.75) is 31.1 Å². The third-order valence-electron chi connectivity index (χ3n) is 4.97. The molecule has 1 fully saturated rings. The van der Waals surface area contributed by atoms with E-state index < -0.39 is 11.3 Å². The lowest BCUT2D eigenvalue weighted by Gasteiger charge is -2.28. The van der Waals surface area contributed by atoms with E-state index in [2.05, 4.69) is 15.6 Å². The Morgan fingerprint density at radius 2 is 1.85 bits per heavy atom. The lowest BCUT2D eigenvalue weighted by molar-refractivity contribution is -0.126. The molecule has 1 aliphatic rings. The molecule has 3 N–H and O–H groups in total. The van der Waals surface area contributed by atoms with Crippen LogP contribution in [0.4, 0.5) is 0 Å². The molecular weight excluding hydrogens is 366 g/mol. The smallest absolute Gasteiger partial charge is 0.273 e. The molecule has 27 heavy (non-hydrogen) atoms. The number of nitrogens with one attached hydrogen (secondary N) is 2. The molecule has 1 heterocycles. The second kappa shape index (κ2) is 8.39. The summed E-state index contributed by atoms with van der Waals surface area (Å²) in [5.74, 6) is -0.699. The molecule has 0 unspecified atom stereocenters. The Morgan fingerprint density at radius 1 is 1.11 bits per heavy atom. The fourth-order valence-corrected chi connectivity index (χ4v) is 3.78. The van der Waals surface area contributed by atoms with E-state index in [0.717, 1.165) is 31.2 Å². The monoisotopic (exact) mass is 387 g/mol. The van der Waals surface area contributed by atoms with E-state index in [4.69, 9.17) is 11.6 Å². The van der Waals surface area contributed by atoms with Crippen LogP contribution in [-0.2, 0) is 10.2 Å². The van der Waals surface area contributed by atoms with Gasteiger partial charge < -0.3 is 15.7 Å². The molecule has 2 aromatic rings. The molecule has 3 rings (SSSR count). The van der Waals surface area contributed by atoms with Crippen molar-refractivity contribution >= 4 is 23.4 Å². The Labute approximate surface area is 163 Å². The number of aromatic hydroxyl groups is 1. The number of halogens is 1. The molecule has 7 heteroatoms. The molecule has 0 aliphatic heterocycles. The number of aromatic nitrogens is 1. The van der Waals surface area contributed by atoms with E-state index in [1.54, 1.807) is 12.1 Å². The maximum atomic E-state index is 12.9. The molecule has 1 aromatic heterocycles. The number of hydrogen-bond donors (Lipinski definition) is 3. The highest BCUT2D eigenvalue weighted by atomic mass is 35.5. The van der Waals surface area contributed by atoms with Crippen molar-refractivity contribution in [2.75, 3.05) is 13.1 Å². The van der Waals surface area contributed by atoms with Crippen molar-refractivity contribution < 1.29 is 14.7 Å². The topological polar surface area (TPSA) is 91.3 Å². The van der Waals surface area contributed by atoms with Crippen LogP contribution in [0.5, 0.6) is 5.75 Å². The third-order valence-corrected chi connectivity index (χ3v) is 5.20. The Balaban J connectivity index is 1.58. The molecule has 2 amide bonds. The maximum absolute atomic E-state index is 12.9. The van der Waals surface area contributed by atoms with Crippen LogP contribution in [0.1, 0.15) is 41.7 Å². The second-order valence-corrected chi connectivity index (χ2v) is 7.12. The van der Waals surface area contributed by atoms with E-state index in [1.807, 2.05) is 18.2 Å². The molecule has 0 radical (unpaired) electrons. The molecule has 1 aromatic carbocycles. The number of carbonyl (C=O) groups excluding carboxylic acids is 2. The largest absolute Gasteiger partial charge is 0.505 e. The zero-order valence-electron chi connectivity index (χ0n) is 14.9. The van der Waals surface area contributed by atoms with Gasteiger partial charge in [0.15, 0.2) is 5.69 Å². The van der Waals surface area contributed by atoms with Crippen LogP contribution in [0, 0.1) is 0 Å². The summed E-state index contributed by atoms with van der Waals surface area (Å²) in [6.45, 7) is 0.534. The van der Waals surface area contributed by atoms with Crippen LogP contribution in [0.15, 0.2) is 42.6 Å². The van der Waals surface area contributed by atoms with Crippen molar-refractivity contribution in [3.63, 3.8) is 0 Å². The first-order chi connectivity index (χ1) is 13.0. The number of hydrogen-bond acceptors (Lipinski definition) is 4. The van der Waals surface area contributed by atoms with E-state index in [1.165, 1.54) is 12.3 Å². The minimum absolute atomic E-state index is 0.0324. The number of pyridine rings is 1. The first-order valence-electron chi connectivity index (χ1n) is 8.99. The molecule has 142 valence electrons. The molecule has 0 saturated heterocycles. The van der Waals surface area contributed by atoms with Gasteiger partial charge in [-0.05, 0) is 42.7 Å². The lowest BCUT2D eigenvalue weighted by Crippen LogP contribution is -2.45. The van der Waals surface area contributed by atoms with Crippen LogP contribution < -0.4 is 10.6 Å². The van der Waals surface area contributed by atoms with E-state index in [-0.39, 0.29) is 23.9 Å². The second-order valence-electron chi connectivity index (χ2n) is 6.68. The maximum Gasteiger partial charge on any atom is 0.273 e. The highest BCUT2D eigenvalue weighted by molar-refractivity contribution is 6.30. The van der Waals surface area contributed by atoms with E-state index in [0.29, 0.717) is 11.6 Å². The van der Waals surface area contributed by atoms with Crippen molar-refractivity contribution in [2.24, 2.45) is 0 Å². The van der Waals surface area contributed by atoms with Crippen molar-refractivity contribution in [1.29, 1.82) is 0 Å². The van der Waals surface area contributed by atoms with Crippen LogP contribution in [0.3, 0.4) is 0 Å². The highest BCUT2D eigenvalue weighted by Crippen LogP contribution is 2.41. The molecule has 1 saturated carbocycles. The summed E-state index contributed by atoms with van der Waals surface area (Å²) in [6.07, 6.45) is 5.00. The average molecular weight is 388 g/mol. The number of benzene rings is 1. The van der Waals surface area contributed by atoms with Gasteiger partial charge in [0.25, 0.3) is 5.91 Å². The molecule has 1 aliphatic carbocycles. The Hall–Kier alpha value is -2.60. The number of nitrogens with zero attached hydrogens (tertiary/aromatic N) is 1. The van der Waals surface area contributed by atoms with Crippen molar-refractivity contribution in [1.82, 2.24) is 15.6 Å². The van der Waals surface area contributed by atoms with Gasteiger partial charge in [-0.2, -0.15) is 0 Å². The minimum Gasteiger partial charge on any atom is -0.505 e. The molecule has 0 bridgehead atoms. The normalized spacial score (nSPS) is 15.3. The Morgan fingerprint density at radius 3 is 2.56 bits per heavy atom. The summed E-state index contributed by atoms with van der Waals surface area (Å²) in [5.41, 5.74) is 0.344. The number of carbonyl (C=O) groups is 2. The minimum atomic E-state index is -0.561. The molecule has 0 spiro atoms. The van der Waals surface area contributed by atoms with Gasteiger partial charge in [0.2, 0.25) is 5.91 Å². The third kappa shape index (κ3) is 4.22. The molecular formula is C20H22ClN3O3. The summed E-state index contributed by atoms with van der Waals surface area (Å²) < 4.78 is 0. The Kier molecular flexibility index (Phi) is 5.96. The molecule has 0 atom stereocenters. The van der Waals surface area contributed by atoms with Gasteiger partial charge >= 0.3 is 0 Å². The summed E-state index contributed by atoms with van der Waals surface area (Å²) in [6, 6.07) is 10.4. The fourth-order valence-electron chi connectivity index (χ4n) is 3.59.